The molecule has 5 heteroatoms. The quantitative estimate of drug-likeness (QED) is 0.558. The Balaban J connectivity index is 1.86. The Labute approximate surface area is 134 Å². The summed E-state index contributed by atoms with van der Waals surface area (Å²) >= 11 is 2.00. The van der Waals surface area contributed by atoms with E-state index in [9.17, 15) is 0 Å². The molecule has 2 fully saturated rings. The first-order valence-electron chi connectivity index (χ1n) is 8.38. The third-order valence-electron chi connectivity index (χ3n) is 4.67. The normalized spacial score (nSPS) is 28.0. The first-order chi connectivity index (χ1) is 10.1. The summed E-state index contributed by atoms with van der Waals surface area (Å²) in [6.45, 7) is 3.98. The lowest BCUT2D eigenvalue weighted by atomic mass is 10.2. The highest BCUT2D eigenvalue weighted by Crippen LogP contribution is 2.34. The van der Waals surface area contributed by atoms with E-state index in [1.807, 2.05) is 11.8 Å². The molecule has 0 heterocycles. The minimum atomic E-state index is 0.596. The standard InChI is InChI=1S/C16H32N4S/c1-5-17-16(19-13-8-9-14(10-13)21-4)18-11-15(20(2)3)12-6-7-12/h12-15H,5-11H2,1-4H3,(H2,17,18,19). The van der Waals surface area contributed by atoms with Gasteiger partial charge >= 0.3 is 0 Å². The molecule has 21 heavy (non-hydrogen) atoms. The minimum absolute atomic E-state index is 0.596. The maximum Gasteiger partial charge on any atom is 0.191 e. The summed E-state index contributed by atoms with van der Waals surface area (Å²) in [5.74, 6) is 1.87. The predicted octanol–water partition coefficient (Wildman–Crippen LogP) is 2.17. The number of hydrogen-bond acceptors (Lipinski definition) is 3. The van der Waals surface area contributed by atoms with Gasteiger partial charge in [0, 0.05) is 23.9 Å². The Bertz CT molecular complexity index is 339. The van der Waals surface area contributed by atoms with Gasteiger partial charge in [-0.25, -0.2) is 0 Å². The second-order valence-electron chi connectivity index (χ2n) is 6.60. The van der Waals surface area contributed by atoms with E-state index in [-0.39, 0.29) is 0 Å². The minimum Gasteiger partial charge on any atom is -0.357 e. The average Bonchev–Trinajstić information content (AvgIpc) is 3.18. The number of guanidine groups is 1. The van der Waals surface area contributed by atoms with E-state index >= 15 is 0 Å². The number of thioether (sulfide) groups is 1. The summed E-state index contributed by atoms with van der Waals surface area (Å²) < 4.78 is 0. The molecule has 2 N–H and O–H groups in total. The largest absolute Gasteiger partial charge is 0.357 e. The number of likely N-dealkylation sites (N-methyl/N-ethyl adjacent to an activating group) is 1. The molecule has 2 saturated carbocycles. The summed E-state index contributed by atoms with van der Waals surface area (Å²) in [6.07, 6.45) is 8.85. The Morgan fingerprint density at radius 3 is 2.57 bits per heavy atom. The molecule has 3 unspecified atom stereocenters. The van der Waals surface area contributed by atoms with Crippen LogP contribution in [0, 0.1) is 5.92 Å². The number of aliphatic imine (C=N–C) groups is 1. The second-order valence-corrected chi connectivity index (χ2v) is 7.74. The number of nitrogens with one attached hydrogen (secondary N) is 2. The lowest BCUT2D eigenvalue weighted by molar-refractivity contribution is 0.271. The van der Waals surface area contributed by atoms with Gasteiger partial charge in [0.05, 0.1) is 6.54 Å². The van der Waals surface area contributed by atoms with Crippen molar-refractivity contribution in [2.75, 3.05) is 33.4 Å². The first-order valence-corrected chi connectivity index (χ1v) is 9.66. The second kappa shape index (κ2) is 8.28. The Hall–Kier alpha value is -0.420. The fraction of sp³-hybridized carbons (Fsp3) is 0.938. The van der Waals surface area contributed by atoms with Gasteiger partial charge in [0.2, 0.25) is 0 Å². The van der Waals surface area contributed by atoms with Crippen molar-refractivity contribution in [3.8, 4) is 0 Å². The predicted molar refractivity (Wildman–Crippen MR) is 94.3 cm³/mol. The molecule has 0 radical (unpaired) electrons. The molecule has 0 aromatic carbocycles. The van der Waals surface area contributed by atoms with Crippen LogP contribution in [0.2, 0.25) is 0 Å². The summed E-state index contributed by atoms with van der Waals surface area (Å²) in [5.41, 5.74) is 0. The van der Waals surface area contributed by atoms with E-state index in [4.69, 9.17) is 4.99 Å². The SMILES string of the molecule is CCNC(=NCC(C1CC1)N(C)C)NC1CCC(SC)C1. The number of hydrogen-bond donors (Lipinski definition) is 2. The average molecular weight is 313 g/mol. The van der Waals surface area contributed by atoms with Crippen molar-refractivity contribution in [2.45, 2.75) is 56.4 Å². The maximum absolute atomic E-state index is 4.86. The van der Waals surface area contributed by atoms with Gasteiger partial charge in [-0.2, -0.15) is 11.8 Å². The van der Waals surface area contributed by atoms with Crippen LogP contribution in [0.4, 0.5) is 0 Å². The van der Waals surface area contributed by atoms with Gasteiger partial charge < -0.3 is 15.5 Å². The van der Waals surface area contributed by atoms with Crippen molar-refractivity contribution >= 4 is 17.7 Å². The van der Waals surface area contributed by atoms with Crippen molar-refractivity contribution in [2.24, 2.45) is 10.9 Å². The molecule has 122 valence electrons. The van der Waals surface area contributed by atoms with Crippen LogP contribution in [0.5, 0.6) is 0 Å². The fourth-order valence-corrected chi connectivity index (χ4v) is 4.00. The smallest absolute Gasteiger partial charge is 0.191 e. The third kappa shape index (κ3) is 5.37. The molecule has 0 amide bonds. The van der Waals surface area contributed by atoms with Gasteiger partial charge in [0.15, 0.2) is 5.96 Å². The molecule has 2 aliphatic carbocycles. The molecular weight excluding hydrogens is 280 g/mol. The number of rotatable bonds is 7. The molecule has 0 bridgehead atoms. The van der Waals surface area contributed by atoms with Crippen LogP contribution in [0.15, 0.2) is 4.99 Å². The summed E-state index contributed by atoms with van der Waals surface area (Å²) in [4.78, 5) is 7.19. The highest BCUT2D eigenvalue weighted by molar-refractivity contribution is 7.99. The highest BCUT2D eigenvalue weighted by Gasteiger charge is 2.32. The molecule has 0 saturated heterocycles. The van der Waals surface area contributed by atoms with Crippen molar-refractivity contribution in [1.82, 2.24) is 15.5 Å². The molecule has 0 aliphatic heterocycles. The topological polar surface area (TPSA) is 39.7 Å². The molecule has 0 aromatic rings. The van der Waals surface area contributed by atoms with Crippen LogP contribution in [-0.4, -0.2) is 61.6 Å². The van der Waals surface area contributed by atoms with Crippen LogP contribution in [0.1, 0.15) is 39.0 Å². The van der Waals surface area contributed by atoms with E-state index in [0.717, 1.165) is 30.2 Å². The van der Waals surface area contributed by atoms with Gasteiger partial charge in [-0.15, -0.1) is 0 Å². The lowest BCUT2D eigenvalue weighted by Crippen LogP contribution is -2.43. The molecule has 3 atom stereocenters. The lowest BCUT2D eigenvalue weighted by Gasteiger charge is -2.23. The van der Waals surface area contributed by atoms with E-state index in [0.29, 0.717) is 12.1 Å². The zero-order valence-electron chi connectivity index (χ0n) is 14.1. The summed E-state index contributed by atoms with van der Waals surface area (Å²) in [6, 6.07) is 1.20. The Morgan fingerprint density at radius 2 is 2.05 bits per heavy atom. The number of nitrogens with zero attached hydrogens (tertiary/aromatic N) is 2. The highest BCUT2D eigenvalue weighted by atomic mass is 32.2. The van der Waals surface area contributed by atoms with E-state index < -0.39 is 0 Å². The summed E-state index contributed by atoms with van der Waals surface area (Å²) in [7, 11) is 4.36. The molecular formula is C16H32N4S. The Morgan fingerprint density at radius 1 is 1.29 bits per heavy atom. The van der Waals surface area contributed by atoms with Gasteiger partial charge in [-0.1, -0.05) is 0 Å². The third-order valence-corrected chi connectivity index (χ3v) is 5.76. The maximum atomic E-state index is 4.86. The Kier molecular flexibility index (Phi) is 6.68. The van der Waals surface area contributed by atoms with Gasteiger partial charge in [-0.3, -0.25) is 4.99 Å². The van der Waals surface area contributed by atoms with Crippen molar-refractivity contribution in [1.29, 1.82) is 0 Å². The molecule has 4 nitrogen and oxygen atoms in total. The first kappa shape index (κ1) is 16.9. The van der Waals surface area contributed by atoms with Crippen molar-refractivity contribution in [3.63, 3.8) is 0 Å². The molecule has 0 aromatic heterocycles. The summed E-state index contributed by atoms with van der Waals surface area (Å²) in [5, 5.41) is 7.88. The monoisotopic (exact) mass is 312 g/mol. The van der Waals surface area contributed by atoms with Gasteiger partial charge in [-0.05, 0) is 65.3 Å². The van der Waals surface area contributed by atoms with Crippen molar-refractivity contribution in [3.05, 3.63) is 0 Å². The molecule has 2 aliphatic rings. The molecule has 0 spiro atoms. The fourth-order valence-electron chi connectivity index (χ4n) is 3.20. The van der Waals surface area contributed by atoms with E-state index in [1.54, 1.807) is 0 Å². The van der Waals surface area contributed by atoms with Gasteiger partial charge in [0.25, 0.3) is 0 Å². The van der Waals surface area contributed by atoms with Crippen LogP contribution < -0.4 is 10.6 Å². The molecule has 2 rings (SSSR count). The van der Waals surface area contributed by atoms with Crippen LogP contribution >= 0.6 is 11.8 Å². The van der Waals surface area contributed by atoms with Crippen LogP contribution in [-0.2, 0) is 0 Å². The van der Waals surface area contributed by atoms with Gasteiger partial charge in [0.1, 0.15) is 0 Å². The van der Waals surface area contributed by atoms with Crippen LogP contribution in [0.3, 0.4) is 0 Å². The zero-order chi connectivity index (χ0) is 15.2. The van der Waals surface area contributed by atoms with Crippen molar-refractivity contribution < 1.29 is 0 Å². The van der Waals surface area contributed by atoms with Crippen LogP contribution in [0.25, 0.3) is 0 Å². The van der Waals surface area contributed by atoms with E-state index in [1.165, 1.54) is 32.1 Å². The van der Waals surface area contributed by atoms with E-state index in [2.05, 4.69) is 42.8 Å². The zero-order valence-corrected chi connectivity index (χ0v) is 14.9.